The summed E-state index contributed by atoms with van der Waals surface area (Å²) in [5, 5.41) is 6.07. The number of hydrogen-bond acceptors (Lipinski definition) is 3. The van der Waals surface area contributed by atoms with E-state index in [9.17, 15) is 9.18 Å². The van der Waals surface area contributed by atoms with Gasteiger partial charge in [0.2, 0.25) is 5.91 Å². The standard InChI is InChI=1S/C14H20FN3O/c1-9-7-13(12(16)8-11(9)15)17-6-2-3-14(19)18-10-4-5-10/h7-8,10,17H,2-6,16H2,1H3,(H,18,19). The summed E-state index contributed by atoms with van der Waals surface area (Å²) < 4.78 is 13.2. The zero-order valence-corrected chi connectivity index (χ0v) is 11.1. The van der Waals surface area contributed by atoms with E-state index in [-0.39, 0.29) is 11.7 Å². The quantitative estimate of drug-likeness (QED) is 0.545. The first-order valence-corrected chi connectivity index (χ1v) is 6.65. The molecule has 0 atom stereocenters. The van der Waals surface area contributed by atoms with Gasteiger partial charge in [0.05, 0.1) is 11.4 Å². The van der Waals surface area contributed by atoms with Crippen molar-refractivity contribution in [2.45, 2.75) is 38.6 Å². The Morgan fingerprint density at radius 1 is 1.47 bits per heavy atom. The van der Waals surface area contributed by atoms with Crippen LogP contribution in [0.25, 0.3) is 0 Å². The molecule has 5 heteroatoms. The number of rotatable bonds is 6. The molecule has 1 aliphatic carbocycles. The van der Waals surface area contributed by atoms with Crippen molar-refractivity contribution in [3.8, 4) is 0 Å². The van der Waals surface area contributed by atoms with E-state index in [0.29, 0.717) is 30.3 Å². The fourth-order valence-corrected chi connectivity index (χ4v) is 1.85. The zero-order chi connectivity index (χ0) is 13.8. The third kappa shape index (κ3) is 4.12. The van der Waals surface area contributed by atoms with Gasteiger partial charge in [-0.2, -0.15) is 0 Å². The van der Waals surface area contributed by atoms with Gasteiger partial charge >= 0.3 is 0 Å². The number of amides is 1. The molecule has 0 bridgehead atoms. The number of carbonyl (C=O) groups is 1. The Hall–Kier alpha value is -1.78. The average molecular weight is 265 g/mol. The normalized spacial score (nSPS) is 14.2. The summed E-state index contributed by atoms with van der Waals surface area (Å²) in [5.41, 5.74) is 7.40. The van der Waals surface area contributed by atoms with E-state index < -0.39 is 0 Å². The van der Waals surface area contributed by atoms with Crippen LogP contribution in [0.2, 0.25) is 0 Å². The molecule has 19 heavy (non-hydrogen) atoms. The number of nitrogens with one attached hydrogen (secondary N) is 2. The van der Waals surface area contributed by atoms with E-state index in [2.05, 4.69) is 10.6 Å². The minimum Gasteiger partial charge on any atom is -0.397 e. The molecule has 1 aromatic rings. The molecule has 2 rings (SSSR count). The largest absolute Gasteiger partial charge is 0.397 e. The van der Waals surface area contributed by atoms with Crippen molar-refractivity contribution < 1.29 is 9.18 Å². The number of benzene rings is 1. The fraction of sp³-hybridized carbons (Fsp3) is 0.500. The maximum absolute atomic E-state index is 13.2. The molecule has 0 unspecified atom stereocenters. The Balaban J connectivity index is 1.72. The van der Waals surface area contributed by atoms with Crippen molar-refractivity contribution in [3.63, 3.8) is 0 Å². The van der Waals surface area contributed by atoms with Gasteiger partial charge in [-0.3, -0.25) is 4.79 Å². The summed E-state index contributed by atoms with van der Waals surface area (Å²) in [6.45, 7) is 2.34. The molecule has 104 valence electrons. The molecular weight excluding hydrogens is 245 g/mol. The van der Waals surface area contributed by atoms with Crippen molar-refractivity contribution in [1.29, 1.82) is 0 Å². The number of hydrogen-bond donors (Lipinski definition) is 3. The molecule has 1 aromatic carbocycles. The minimum absolute atomic E-state index is 0.104. The molecule has 4 N–H and O–H groups in total. The van der Waals surface area contributed by atoms with Crippen LogP contribution >= 0.6 is 0 Å². The third-order valence-electron chi connectivity index (χ3n) is 3.17. The summed E-state index contributed by atoms with van der Waals surface area (Å²) in [7, 11) is 0. The molecule has 1 amide bonds. The summed E-state index contributed by atoms with van der Waals surface area (Å²) >= 11 is 0. The lowest BCUT2D eigenvalue weighted by molar-refractivity contribution is -0.121. The van der Waals surface area contributed by atoms with E-state index in [1.165, 1.54) is 6.07 Å². The summed E-state index contributed by atoms with van der Waals surface area (Å²) in [6, 6.07) is 3.42. The number of carbonyl (C=O) groups excluding carboxylic acids is 1. The predicted molar refractivity (Wildman–Crippen MR) is 74.4 cm³/mol. The lowest BCUT2D eigenvalue weighted by Crippen LogP contribution is -2.25. The summed E-state index contributed by atoms with van der Waals surface area (Å²) in [6.07, 6.45) is 3.45. The van der Waals surface area contributed by atoms with Gasteiger partial charge in [-0.1, -0.05) is 0 Å². The van der Waals surface area contributed by atoms with Gasteiger partial charge in [-0.25, -0.2) is 4.39 Å². The molecule has 1 fully saturated rings. The molecule has 0 heterocycles. The Labute approximate surface area is 112 Å². The van der Waals surface area contributed by atoms with Crippen LogP contribution in [0.3, 0.4) is 0 Å². The third-order valence-corrected chi connectivity index (χ3v) is 3.17. The molecular formula is C14H20FN3O. The van der Waals surface area contributed by atoms with E-state index in [4.69, 9.17) is 5.73 Å². The highest BCUT2D eigenvalue weighted by atomic mass is 19.1. The highest BCUT2D eigenvalue weighted by molar-refractivity contribution is 5.76. The smallest absolute Gasteiger partial charge is 0.220 e. The molecule has 4 nitrogen and oxygen atoms in total. The van der Waals surface area contributed by atoms with Gasteiger partial charge in [0.25, 0.3) is 0 Å². The van der Waals surface area contributed by atoms with Crippen molar-refractivity contribution in [2.75, 3.05) is 17.6 Å². The van der Waals surface area contributed by atoms with E-state index in [0.717, 1.165) is 24.9 Å². The van der Waals surface area contributed by atoms with E-state index in [1.807, 2.05) is 0 Å². The molecule has 0 aliphatic heterocycles. The Morgan fingerprint density at radius 3 is 2.89 bits per heavy atom. The zero-order valence-electron chi connectivity index (χ0n) is 11.1. The van der Waals surface area contributed by atoms with Gasteiger partial charge in [0.15, 0.2) is 0 Å². The van der Waals surface area contributed by atoms with Gasteiger partial charge in [-0.15, -0.1) is 0 Å². The number of aryl methyl sites for hydroxylation is 1. The highest BCUT2D eigenvalue weighted by Crippen LogP contribution is 2.22. The second-order valence-corrected chi connectivity index (χ2v) is 5.06. The lowest BCUT2D eigenvalue weighted by atomic mass is 10.1. The monoisotopic (exact) mass is 265 g/mol. The van der Waals surface area contributed by atoms with Crippen LogP contribution < -0.4 is 16.4 Å². The van der Waals surface area contributed by atoms with E-state index >= 15 is 0 Å². The van der Waals surface area contributed by atoms with Crippen molar-refractivity contribution in [3.05, 3.63) is 23.5 Å². The molecule has 0 saturated heterocycles. The van der Waals surface area contributed by atoms with Crippen LogP contribution in [0.4, 0.5) is 15.8 Å². The van der Waals surface area contributed by atoms with Gasteiger partial charge in [0, 0.05) is 19.0 Å². The number of nitrogen functional groups attached to an aromatic ring is 1. The van der Waals surface area contributed by atoms with Crippen LogP contribution in [-0.2, 0) is 4.79 Å². The van der Waals surface area contributed by atoms with Crippen molar-refractivity contribution in [2.24, 2.45) is 0 Å². The van der Waals surface area contributed by atoms with Gasteiger partial charge < -0.3 is 16.4 Å². The molecule has 1 aliphatic rings. The van der Waals surface area contributed by atoms with Gasteiger partial charge in [0.1, 0.15) is 5.82 Å². The van der Waals surface area contributed by atoms with E-state index in [1.54, 1.807) is 13.0 Å². The Bertz CT molecular complexity index is 472. The fourth-order valence-electron chi connectivity index (χ4n) is 1.85. The first-order valence-electron chi connectivity index (χ1n) is 6.65. The molecule has 1 saturated carbocycles. The molecule has 0 radical (unpaired) electrons. The number of nitrogens with two attached hydrogens (primary N) is 1. The molecule has 0 aromatic heterocycles. The van der Waals surface area contributed by atoms with Crippen LogP contribution in [0, 0.1) is 12.7 Å². The number of anilines is 2. The van der Waals surface area contributed by atoms with Crippen molar-refractivity contribution in [1.82, 2.24) is 5.32 Å². The Kier molecular flexibility index (Phi) is 4.24. The first-order chi connectivity index (χ1) is 9.06. The molecule has 0 spiro atoms. The first kappa shape index (κ1) is 13.6. The average Bonchev–Trinajstić information content (AvgIpc) is 3.14. The van der Waals surface area contributed by atoms with Gasteiger partial charge in [-0.05, 0) is 43.9 Å². The topological polar surface area (TPSA) is 67.2 Å². The Morgan fingerprint density at radius 2 is 2.21 bits per heavy atom. The maximum Gasteiger partial charge on any atom is 0.220 e. The summed E-state index contributed by atoms with van der Waals surface area (Å²) in [4.78, 5) is 11.5. The highest BCUT2D eigenvalue weighted by Gasteiger charge is 2.22. The van der Waals surface area contributed by atoms with Crippen LogP contribution in [0.1, 0.15) is 31.2 Å². The van der Waals surface area contributed by atoms with Crippen LogP contribution in [0.15, 0.2) is 12.1 Å². The lowest BCUT2D eigenvalue weighted by Gasteiger charge is -2.11. The van der Waals surface area contributed by atoms with Crippen LogP contribution in [0.5, 0.6) is 0 Å². The van der Waals surface area contributed by atoms with Crippen LogP contribution in [-0.4, -0.2) is 18.5 Å². The number of halogens is 1. The second kappa shape index (κ2) is 5.91. The van der Waals surface area contributed by atoms with Crippen molar-refractivity contribution >= 4 is 17.3 Å². The minimum atomic E-state index is -0.299. The maximum atomic E-state index is 13.2. The predicted octanol–water partition coefficient (Wildman–Crippen LogP) is 2.19. The second-order valence-electron chi connectivity index (χ2n) is 5.06. The SMILES string of the molecule is Cc1cc(NCCCC(=O)NC2CC2)c(N)cc1F. The summed E-state index contributed by atoms with van der Waals surface area (Å²) in [5.74, 6) is -0.195.